The van der Waals surface area contributed by atoms with E-state index in [0.717, 1.165) is 17.1 Å². The third-order valence-electron chi connectivity index (χ3n) is 15.7. The Labute approximate surface area is 390 Å². The number of rotatable bonds is 4. The standard InChI is InChI=1S/C66H41N/c1-2-16-42(17-3-1)43-30-32-46(33-31-43)67(47-34-36-54-53-24-10-13-27-59(53)65(63(54)40-47)57-25-11-6-20-49(57)50-21-7-12-26-58(50)65)48-35-37-55-56-38-44-18-4-5-19-45(44)39-62(56)66(64(55)41-48)60-28-14-8-22-51(60)52-23-9-15-29-61(52)66/h1-41H. The van der Waals surface area contributed by atoms with E-state index in [2.05, 4.69) is 254 Å². The predicted molar refractivity (Wildman–Crippen MR) is 277 cm³/mol. The van der Waals surface area contributed by atoms with Gasteiger partial charge in [0.15, 0.2) is 0 Å². The Morgan fingerprint density at radius 3 is 1.01 bits per heavy atom. The van der Waals surface area contributed by atoms with Gasteiger partial charge in [0.2, 0.25) is 0 Å². The first kappa shape index (κ1) is 36.8. The van der Waals surface area contributed by atoms with Gasteiger partial charge in [-0.2, -0.15) is 0 Å². The van der Waals surface area contributed by atoms with Crippen molar-refractivity contribution in [3.63, 3.8) is 0 Å². The van der Waals surface area contributed by atoms with Gasteiger partial charge in [0.25, 0.3) is 0 Å². The summed E-state index contributed by atoms with van der Waals surface area (Å²) in [6, 6.07) is 93.8. The molecular formula is C66H41N. The van der Waals surface area contributed by atoms with Crippen LogP contribution in [0.1, 0.15) is 44.5 Å². The minimum Gasteiger partial charge on any atom is -0.310 e. The van der Waals surface area contributed by atoms with Gasteiger partial charge >= 0.3 is 0 Å². The van der Waals surface area contributed by atoms with E-state index in [1.165, 1.54) is 111 Å². The van der Waals surface area contributed by atoms with Crippen LogP contribution in [-0.4, -0.2) is 0 Å². The Morgan fingerprint density at radius 1 is 0.209 bits per heavy atom. The van der Waals surface area contributed by atoms with Crippen LogP contribution in [0.4, 0.5) is 17.1 Å². The van der Waals surface area contributed by atoms with Crippen molar-refractivity contribution in [3.05, 3.63) is 293 Å². The quantitative estimate of drug-likeness (QED) is 0.171. The minimum absolute atomic E-state index is 0.457. The molecule has 4 aliphatic rings. The van der Waals surface area contributed by atoms with Crippen LogP contribution in [0, 0.1) is 0 Å². The third kappa shape index (κ3) is 4.73. The van der Waals surface area contributed by atoms with Gasteiger partial charge in [-0.1, -0.05) is 200 Å². The molecular weight excluding hydrogens is 807 g/mol. The van der Waals surface area contributed by atoms with Crippen LogP contribution in [0.15, 0.2) is 249 Å². The summed E-state index contributed by atoms with van der Waals surface area (Å²) in [6.07, 6.45) is 0. The molecule has 0 unspecified atom stereocenters. The van der Waals surface area contributed by atoms with Crippen LogP contribution in [0.5, 0.6) is 0 Å². The molecule has 0 saturated heterocycles. The lowest BCUT2D eigenvalue weighted by Crippen LogP contribution is -2.26. The summed E-state index contributed by atoms with van der Waals surface area (Å²) in [5, 5.41) is 2.52. The molecule has 67 heavy (non-hydrogen) atoms. The van der Waals surface area contributed by atoms with Gasteiger partial charge in [0, 0.05) is 17.1 Å². The molecule has 15 rings (SSSR count). The number of hydrogen-bond donors (Lipinski definition) is 0. The van der Waals surface area contributed by atoms with Gasteiger partial charge in [0.05, 0.1) is 10.8 Å². The Hall–Kier alpha value is -8.52. The van der Waals surface area contributed by atoms with Crippen molar-refractivity contribution in [2.45, 2.75) is 10.8 Å². The lowest BCUT2D eigenvalue weighted by molar-refractivity contribution is 0.793. The van der Waals surface area contributed by atoms with E-state index in [4.69, 9.17) is 0 Å². The van der Waals surface area contributed by atoms with Gasteiger partial charge in [-0.05, 0) is 159 Å². The molecule has 0 radical (unpaired) electrons. The lowest BCUT2D eigenvalue weighted by atomic mass is 9.70. The van der Waals surface area contributed by atoms with Crippen LogP contribution in [0.25, 0.3) is 66.4 Å². The molecule has 11 aromatic carbocycles. The first-order chi connectivity index (χ1) is 33.2. The highest BCUT2D eigenvalue weighted by atomic mass is 15.1. The molecule has 11 aromatic rings. The molecule has 0 aromatic heterocycles. The summed E-state index contributed by atoms with van der Waals surface area (Å²) in [6.45, 7) is 0. The Morgan fingerprint density at radius 2 is 0.537 bits per heavy atom. The molecule has 0 aliphatic heterocycles. The summed E-state index contributed by atoms with van der Waals surface area (Å²) in [5.74, 6) is 0. The van der Waals surface area contributed by atoms with E-state index in [0.29, 0.717) is 0 Å². The highest BCUT2D eigenvalue weighted by Gasteiger charge is 2.53. The zero-order chi connectivity index (χ0) is 43.8. The van der Waals surface area contributed by atoms with Crippen molar-refractivity contribution in [3.8, 4) is 55.6 Å². The molecule has 0 heterocycles. The molecule has 0 amide bonds. The number of benzene rings is 11. The van der Waals surface area contributed by atoms with Crippen LogP contribution in [0.2, 0.25) is 0 Å². The fourth-order valence-electron chi connectivity index (χ4n) is 13.1. The van der Waals surface area contributed by atoms with Crippen molar-refractivity contribution in [2.24, 2.45) is 0 Å². The van der Waals surface area contributed by atoms with E-state index < -0.39 is 10.8 Å². The molecule has 4 aliphatic carbocycles. The van der Waals surface area contributed by atoms with Crippen molar-refractivity contribution < 1.29 is 0 Å². The topological polar surface area (TPSA) is 3.24 Å². The summed E-state index contributed by atoms with van der Waals surface area (Å²) >= 11 is 0. The van der Waals surface area contributed by atoms with Crippen molar-refractivity contribution >= 4 is 27.8 Å². The number of nitrogens with zero attached hydrogens (tertiary/aromatic N) is 1. The van der Waals surface area contributed by atoms with Gasteiger partial charge in [-0.3, -0.25) is 0 Å². The predicted octanol–water partition coefficient (Wildman–Crippen LogP) is 16.7. The molecule has 0 fully saturated rings. The highest BCUT2D eigenvalue weighted by molar-refractivity contribution is 6.02. The zero-order valence-corrected chi connectivity index (χ0v) is 36.6. The van der Waals surface area contributed by atoms with Crippen LogP contribution in [-0.2, 0) is 10.8 Å². The normalized spacial score (nSPS) is 14.2. The maximum atomic E-state index is 2.53. The number of hydrogen-bond acceptors (Lipinski definition) is 1. The SMILES string of the molecule is c1ccc(-c2ccc(N(c3ccc4c(c3)C3(c5ccccc5-c5ccccc53)c3ccccc3-4)c3ccc4c(c3)C3(c5ccccc5-c5ccccc53)c3cc5ccccc5cc3-4)cc2)cc1. The first-order valence-corrected chi connectivity index (χ1v) is 23.5. The van der Waals surface area contributed by atoms with Gasteiger partial charge < -0.3 is 4.90 Å². The molecule has 0 atom stereocenters. The maximum Gasteiger partial charge on any atom is 0.0726 e. The number of fused-ring (bicyclic) bond motifs is 21. The fraction of sp³-hybridized carbons (Fsp3) is 0.0303. The van der Waals surface area contributed by atoms with Crippen LogP contribution in [0.3, 0.4) is 0 Å². The van der Waals surface area contributed by atoms with Crippen molar-refractivity contribution in [1.29, 1.82) is 0 Å². The second-order valence-electron chi connectivity index (χ2n) is 18.7. The van der Waals surface area contributed by atoms with Gasteiger partial charge in [-0.15, -0.1) is 0 Å². The smallest absolute Gasteiger partial charge is 0.0726 e. The maximum absolute atomic E-state index is 2.53. The molecule has 0 N–H and O–H groups in total. The second kappa shape index (κ2) is 13.5. The summed E-state index contributed by atoms with van der Waals surface area (Å²) in [4.78, 5) is 2.51. The molecule has 0 bridgehead atoms. The van der Waals surface area contributed by atoms with Crippen molar-refractivity contribution in [1.82, 2.24) is 0 Å². The van der Waals surface area contributed by atoms with Crippen LogP contribution < -0.4 is 4.90 Å². The molecule has 1 heteroatoms. The zero-order valence-electron chi connectivity index (χ0n) is 36.6. The average Bonchev–Trinajstić information content (AvgIpc) is 4.07. The Bertz CT molecular complexity index is 3770. The Balaban J connectivity index is 1.00. The largest absolute Gasteiger partial charge is 0.310 e. The monoisotopic (exact) mass is 847 g/mol. The third-order valence-corrected chi connectivity index (χ3v) is 15.7. The highest BCUT2D eigenvalue weighted by Crippen LogP contribution is 2.65. The molecule has 2 spiro atoms. The molecule has 310 valence electrons. The first-order valence-electron chi connectivity index (χ1n) is 23.5. The molecule has 0 saturated carbocycles. The number of anilines is 3. The summed E-state index contributed by atoms with van der Waals surface area (Å²) in [5.41, 5.74) is 26.0. The second-order valence-corrected chi connectivity index (χ2v) is 18.7. The average molecular weight is 848 g/mol. The van der Waals surface area contributed by atoms with E-state index in [1.807, 2.05) is 0 Å². The lowest BCUT2D eigenvalue weighted by Gasteiger charge is -2.33. The summed E-state index contributed by atoms with van der Waals surface area (Å²) < 4.78 is 0. The Kier molecular flexibility index (Phi) is 7.42. The van der Waals surface area contributed by atoms with Crippen molar-refractivity contribution in [2.75, 3.05) is 4.90 Å². The van der Waals surface area contributed by atoms with E-state index in [-0.39, 0.29) is 0 Å². The van der Waals surface area contributed by atoms with Gasteiger partial charge in [-0.25, -0.2) is 0 Å². The summed E-state index contributed by atoms with van der Waals surface area (Å²) in [7, 11) is 0. The van der Waals surface area contributed by atoms with E-state index in [1.54, 1.807) is 0 Å². The minimum atomic E-state index is -0.498. The fourth-order valence-corrected chi connectivity index (χ4v) is 13.1. The molecule has 1 nitrogen and oxygen atoms in total. The van der Waals surface area contributed by atoms with Crippen LogP contribution >= 0.6 is 0 Å². The van der Waals surface area contributed by atoms with E-state index >= 15 is 0 Å². The van der Waals surface area contributed by atoms with E-state index in [9.17, 15) is 0 Å². The van der Waals surface area contributed by atoms with Gasteiger partial charge in [0.1, 0.15) is 0 Å².